The van der Waals surface area contributed by atoms with Crippen LogP contribution >= 0.6 is 0 Å². The molecule has 4 N–H and O–H groups in total. The summed E-state index contributed by atoms with van der Waals surface area (Å²) in [6.07, 6.45) is 8.57. The quantitative estimate of drug-likeness (QED) is 0.121. The Labute approximate surface area is 354 Å². The molecule has 4 atom stereocenters. The number of methoxy groups -OCH3 is 2. The zero-order chi connectivity index (χ0) is 42.9. The molecule has 2 aliphatic heterocycles. The van der Waals surface area contributed by atoms with Crippen molar-refractivity contribution < 1.29 is 28.7 Å². The fourth-order valence-electron chi connectivity index (χ4n) is 7.78. The first kappa shape index (κ1) is 41.8. The normalized spacial score (nSPS) is 16.7. The van der Waals surface area contributed by atoms with Crippen LogP contribution in [0.25, 0.3) is 22.4 Å². The van der Waals surface area contributed by atoms with Crippen molar-refractivity contribution >= 4 is 24.0 Å². The number of nitrogens with zero attached hydrogens (tertiary/aromatic N) is 5. The summed E-state index contributed by atoms with van der Waals surface area (Å²) in [5, 5.41) is 5.38. The molecule has 61 heavy (non-hydrogen) atoms. The van der Waals surface area contributed by atoms with Gasteiger partial charge >= 0.3 is 12.2 Å². The minimum Gasteiger partial charge on any atom is -0.453 e. The first-order valence-electron chi connectivity index (χ1n) is 20.2. The molecular formula is C46H47N9O6. The number of ether oxygens (including phenoxy) is 2. The Balaban J connectivity index is 1.08. The molecule has 5 aromatic rings. The van der Waals surface area contributed by atoms with E-state index in [1.807, 2.05) is 62.4 Å². The maximum Gasteiger partial charge on any atom is 0.407 e. The van der Waals surface area contributed by atoms with E-state index in [1.165, 1.54) is 14.2 Å². The minimum atomic E-state index is -0.914. The van der Waals surface area contributed by atoms with Gasteiger partial charge in [-0.05, 0) is 78.7 Å². The molecule has 0 bridgehead atoms. The largest absolute Gasteiger partial charge is 0.453 e. The third-order valence-corrected chi connectivity index (χ3v) is 10.9. The Hall–Kier alpha value is -7.39. The summed E-state index contributed by atoms with van der Waals surface area (Å²) < 4.78 is 9.58. The van der Waals surface area contributed by atoms with Crippen LogP contribution in [0.2, 0.25) is 0 Å². The molecule has 2 saturated heterocycles. The second-order valence-corrected chi connectivity index (χ2v) is 15.1. The van der Waals surface area contributed by atoms with Gasteiger partial charge in [0, 0.05) is 42.2 Å². The summed E-state index contributed by atoms with van der Waals surface area (Å²) in [5.74, 6) is 12.9. The highest BCUT2D eigenvalue weighted by molar-refractivity contribution is 5.88. The molecule has 2 fully saturated rings. The topological polar surface area (TPSA) is 188 Å². The van der Waals surface area contributed by atoms with Gasteiger partial charge in [0.1, 0.15) is 29.4 Å². The van der Waals surface area contributed by atoms with E-state index in [-0.39, 0.29) is 29.8 Å². The molecular weight excluding hydrogens is 775 g/mol. The average Bonchev–Trinajstić information content (AvgIpc) is 4.14. The number of pyridine rings is 1. The zero-order valence-electron chi connectivity index (χ0n) is 34.4. The molecule has 0 spiro atoms. The first-order valence-corrected chi connectivity index (χ1v) is 20.2. The van der Waals surface area contributed by atoms with Crippen molar-refractivity contribution in [3.8, 4) is 46.1 Å². The predicted molar refractivity (Wildman–Crippen MR) is 226 cm³/mol. The Bertz CT molecular complexity index is 2500. The number of rotatable bonds is 10. The molecule has 2 aliphatic rings. The lowest BCUT2D eigenvalue weighted by molar-refractivity contribution is -0.135. The predicted octanol–water partition coefficient (Wildman–Crippen LogP) is 6.07. The van der Waals surface area contributed by atoms with E-state index in [4.69, 9.17) is 14.5 Å². The molecule has 0 unspecified atom stereocenters. The standard InChI is InChI=1S/C46H47N9O6/c1-29(2)39(52-45(58)60-3)43(56)54-23-12-19-38(54)42-49-28-36(51-42)32-21-20-30(35(25-32)33-16-10-22-47-26-33)13-8-9-17-34-27-48-41(50-34)37-18-11-24-55(37)44(57)40(53-46(59)61-4)31-14-6-5-7-15-31/h5-7,10,14-16,20-22,25-29,37-40H,11-12,18-19,23-24H2,1-4H3,(H,48,50)(H,49,51)(H,52,58)(H,53,59)/t37-,38-,39-,40+/m0/s1. The molecule has 2 aromatic carbocycles. The van der Waals surface area contributed by atoms with Gasteiger partial charge in [-0.25, -0.2) is 19.6 Å². The average molecular weight is 822 g/mol. The summed E-state index contributed by atoms with van der Waals surface area (Å²) in [7, 11) is 2.54. The number of amides is 4. The summed E-state index contributed by atoms with van der Waals surface area (Å²) in [6.45, 7) is 4.84. The molecule has 3 aromatic heterocycles. The lowest BCUT2D eigenvalue weighted by Crippen LogP contribution is -2.51. The van der Waals surface area contributed by atoms with Gasteiger partial charge in [-0.1, -0.05) is 62.2 Å². The Morgan fingerprint density at radius 1 is 0.754 bits per heavy atom. The zero-order valence-corrected chi connectivity index (χ0v) is 34.4. The number of nitrogens with one attached hydrogen (secondary N) is 4. The molecule has 15 heteroatoms. The first-order chi connectivity index (χ1) is 29.6. The van der Waals surface area contributed by atoms with E-state index in [1.54, 1.807) is 46.7 Å². The van der Waals surface area contributed by atoms with Crippen LogP contribution in [0, 0.1) is 29.6 Å². The van der Waals surface area contributed by atoms with Gasteiger partial charge in [0.25, 0.3) is 5.91 Å². The number of benzene rings is 2. The van der Waals surface area contributed by atoms with Gasteiger partial charge < -0.3 is 39.9 Å². The molecule has 312 valence electrons. The van der Waals surface area contributed by atoms with Crippen molar-refractivity contribution in [2.24, 2.45) is 5.92 Å². The Kier molecular flexibility index (Phi) is 13.1. The SMILES string of the molecule is COC(=O)N[C@H](C(=O)N1CCC[C@H]1c1ncc(-c2ccc(C#CC#Cc3cnc([C@@H]4CCCN4C(=O)[C@H](NC(=O)OC)c4ccccc4)[nH]3)c(-c3cccnc3)c2)[nH]1)C(C)C. The molecule has 0 saturated carbocycles. The number of carbonyl (C=O) groups excluding carboxylic acids is 4. The maximum atomic E-state index is 13.9. The second kappa shape index (κ2) is 19.1. The van der Waals surface area contributed by atoms with Crippen molar-refractivity contribution in [3.05, 3.63) is 114 Å². The second-order valence-electron chi connectivity index (χ2n) is 15.1. The smallest absolute Gasteiger partial charge is 0.407 e. The van der Waals surface area contributed by atoms with Crippen molar-refractivity contribution in [3.63, 3.8) is 0 Å². The molecule has 4 amide bonds. The van der Waals surface area contributed by atoms with Crippen LogP contribution in [0.3, 0.4) is 0 Å². The van der Waals surface area contributed by atoms with E-state index in [0.29, 0.717) is 42.4 Å². The van der Waals surface area contributed by atoms with Gasteiger partial charge in [-0.2, -0.15) is 0 Å². The van der Waals surface area contributed by atoms with Crippen molar-refractivity contribution in [2.75, 3.05) is 27.3 Å². The van der Waals surface area contributed by atoms with Gasteiger partial charge in [0.05, 0.1) is 44.4 Å². The van der Waals surface area contributed by atoms with Crippen molar-refractivity contribution in [2.45, 2.75) is 63.7 Å². The number of carbonyl (C=O) groups is 4. The van der Waals surface area contributed by atoms with Crippen molar-refractivity contribution in [1.82, 2.24) is 45.4 Å². The van der Waals surface area contributed by atoms with Crippen LogP contribution in [0.15, 0.2) is 85.5 Å². The van der Waals surface area contributed by atoms with Crippen molar-refractivity contribution in [1.29, 1.82) is 0 Å². The highest BCUT2D eigenvalue weighted by Crippen LogP contribution is 2.35. The maximum absolute atomic E-state index is 13.9. The van der Waals surface area contributed by atoms with Gasteiger partial charge in [0.15, 0.2) is 0 Å². The number of H-pyrrole nitrogens is 2. The number of aromatic nitrogens is 5. The number of imidazole rings is 2. The third kappa shape index (κ3) is 9.58. The number of hydrogen-bond acceptors (Lipinski definition) is 9. The number of alkyl carbamates (subject to hydrolysis) is 2. The lowest BCUT2D eigenvalue weighted by Gasteiger charge is -2.30. The molecule has 15 nitrogen and oxygen atoms in total. The van der Waals surface area contributed by atoms with Crippen LogP contribution < -0.4 is 10.6 Å². The number of hydrogen-bond donors (Lipinski definition) is 4. The molecule has 5 heterocycles. The van der Waals surface area contributed by atoms with Crippen LogP contribution in [0.5, 0.6) is 0 Å². The summed E-state index contributed by atoms with van der Waals surface area (Å²) in [5.41, 5.74) is 5.33. The highest BCUT2D eigenvalue weighted by Gasteiger charge is 2.38. The van der Waals surface area contributed by atoms with E-state index in [0.717, 1.165) is 47.2 Å². The molecule has 7 rings (SSSR count). The van der Waals surface area contributed by atoms with Gasteiger partial charge in [-0.15, -0.1) is 0 Å². The third-order valence-electron chi connectivity index (χ3n) is 10.9. The van der Waals surface area contributed by atoms with Crippen LogP contribution in [0.1, 0.15) is 86.1 Å². The molecule has 0 aliphatic carbocycles. The minimum absolute atomic E-state index is 0.137. The van der Waals surface area contributed by atoms with Crippen LogP contribution in [-0.2, 0) is 19.1 Å². The van der Waals surface area contributed by atoms with E-state index in [2.05, 4.69) is 54.3 Å². The number of aromatic amines is 2. The monoisotopic (exact) mass is 821 g/mol. The van der Waals surface area contributed by atoms with Crippen LogP contribution in [0.4, 0.5) is 9.59 Å². The highest BCUT2D eigenvalue weighted by atomic mass is 16.5. The summed E-state index contributed by atoms with van der Waals surface area (Å²) in [4.78, 5) is 75.6. The van der Waals surface area contributed by atoms with E-state index >= 15 is 0 Å². The van der Waals surface area contributed by atoms with E-state index < -0.39 is 24.3 Å². The van der Waals surface area contributed by atoms with E-state index in [9.17, 15) is 19.2 Å². The molecule has 0 radical (unpaired) electrons. The Morgan fingerprint density at radius 2 is 1.43 bits per heavy atom. The van der Waals surface area contributed by atoms with Crippen LogP contribution in [-0.4, -0.2) is 92.1 Å². The van der Waals surface area contributed by atoms with Gasteiger partial charge in [0.2, 0.25) is 5.91 Å². The fraction of sp³-hybridized carbons (Fsp3) is 0.326. The number of likely N-dealkylation sites (tertiary alicyclic amines) is 2. The van der Waals surface area contributed by atoms with Gasteiger partial charge in [-0.3, -0.25) is 14.6 Å². The fourth-order valence-corrected chi connectivity index (χ4v) is 7.78. The lowest BCUT2D eigenvalue weighted by atomic mass is 9.97. The Morgan fingerprint density at radius 3 is 2.11 bits per heavy atom. The summed E-state index contributed by atoms with van der Waals surface area (Å²) >= 11 is 0. The summed E-state index contributed by atoms with van der Waals surface area (Å²) in [6, 6.07) is 16.6.